The highest BCUT2D eigenvalue weighted by atomic mass is 16.1. The zero-order chi connectivity index (χ0) is 13.1. The summed E-state index contributed by atoms with van der Waals surface area (Å²) in [6, 6.07) is 1.54. The molecule has 0 bridgehead atoms. The largest absolute Gasteiger partial charge is 0.368 e. The summed E-state index contributed by atoms with van der Waals surface area (Å²) in [4.78, 5) is 21.8. The van der Waals surface area contributed by atoms with E-state index in [1.807, 2.05) is 17.9 Å². The molecule has 18 heavy (non-hydrogen) atoms. The number of carbonyl (C=O) groups is 1. The Morgan fingerprint density at radius 3 is 2.94 bits per heavy atom. The van der Waals surface area contributed by atoms with Crippen molar-refractivity contribution in [2.24, 2.45) is 11.6 Å². The quantitative estimate of drug-likeness (QED) is 0.511. The molecule has 0 spiro atoms. The fourth-order valence-corrected chi connectivity index (χ4v) is 2.27. The molecule has 1 aliphatic heterocycles. The van der Waals surface area contributed by atoms with Crippen molar-refractivity contribution in [3.8, 4) is 0 Å². The fourth-order valence-electron chi connectivity index (χ4n) is 2.27. The number of aromatic nitrogens is 2. The zero-order valence-electron chi connectivity index (χ0n) is 10.4. The maximum absolute atomic E-state index is 11.5. The lowest BCUT2D eigenvalue weighted by Gasteiger charge is -2.34. The lowest BCUT2D eigenvalue weighted by molar-refractivity contribution is -0.119. The van der Waals surface area contributed by atoms with E-state index >= 15 is 0 Å². The van der Waals surface area contributed by atoms with Gasteiger partial charge in [-0.3, -0.25) is 10.2 Å². The molecule has 1 amide bonds. The normalized spacial score (nSPS) is 19.7. The Kier molecular flexibility index (Phi) is 3.61. The molecule has 1 aromatic rings. The third-order valence-electron chi connectivity index (χ3n) is 3.10. The van der Waals surface area contributed by atoms with Crippen molar-refractivity contribution in [2.45, 2.75) is 32.2 Å². The summed E-state index contributed by atoms with van der Waals surface area (Å²) in [7, 11) is 0. The molecule has 98 valence electrons. The molecule has 1 atom stereocenters. The van der Waals surface area contributed by atoms with Crippen molar-refractivity contribution in [1.82, 2.24) is 9.97 Å². The number of nitrogens with zero attached hydrogens (tertiary/aromatic N) is 3. The number of nitrogen functional groups attached to an aromatic ring is 1. The first kappa shape index (κ1) is 12.6. The summed E-state index contributed by atoms with van der Waals surface area (Å²) in [5, 5.41) is 0. The lowest BCUT2D eigenvalue weighted by Crippen LogP contribution is -2.48. The number of hydrazine groups is 1. The Bertz CT molecular complexity index is 449. The van der Waals surface area contributed by atoms with Gasteiger partial charge in [-0.05, 0) is 26.2 Å². The van der Waals surface area contributed by atoms with E-state index in [1.54, 1.807) is 0 Å². The first-order chi connectivity index (χ1) is 8.61. The fraction of sp³-hybridized carbons (Fsp3) is 0.545. The third kappa shape index (κ3) is 2.51. The van der Waals surface area contributed by atoms with Crippen LogP contribution in [0.4, 0.5) is 11.8 Å². The number of piperidine rings is 1. The highest BCUT2D eigenvalue weighted by molar-refractivity contribution is 5.83. The molecule has 7 heteroatoms. The number of primary amides is 1. The molecule has 0 saturated carbocycles. The molecule has 0 aliphatic carbocycles. The van der Waals surface area contributed by atoms with Crippen molar-refractivity contribution in [3.05, 3.63) is 11.8 Å². The second kappa shape index (κ2) is 5.18. The van der Waals surface area contributed by atoms with E-state index in [-0.39, 0.29) is 11.9 Å². The van der Waals surface area contributed by atoms with E-state index in [9.17, 15) is 4.79 Å². The van der Waals surface area contributed by atoms with Crippen LogP contribution in [0.25, 0.3) is 0 Å². The lowest BCUT2D eigenvalue weighted by atomic mass is 10.0. The Labute approximate surface area is 106 Å². The van der Waals surface area contributed by atoms with Crippen LogP contribution in [0.2, 0.25) is 0 Å². The molecule has 7 nitrogen and oxygen atoms in total. The van der Waals surface area contributed by atoms with Gasteiger partial charge in [-0.1, -0.05) is 0 Å². The van der Waals surface area contributed by atoms with Crippen LogP contribution in [-0.2, 0) is 4.79 Å². The standard InChI is InChI=1S/C11H18N6O/c1-7-6-9(15-11(14-7)16-13)17-5-3-2-4-8(17)10(12)18/h6,8H,2-5,13H2,1H3,(H2,12,18)(H,14,15,16). The predicted molar refractivity (Wildman–Crippen MR) is 68.8 cm³/mol. The molecule has 0 aromatic carbocycles. The van der Waals surface area contributed by atoms with Crippen LogP contribution in [-0.4, -0.2) is 28.5 Å². The maximum Gasteiger partial charge on any atom is 0.240 e. The molecule has 2 heterocycles. The van der Waals surface area contributed by atoms with Crippen molar-refractivity contribution < 1.29 is 4.79 Å². The van der Waals surface area contributed by atoms with E-state index in [2.05, 4.69) is 15.4 Å². The van der Waals surface area contributed by atoms with Gasteiger partial charge in [0.15, 0.2) is 0 Å². The van der Waals surface area contributed by atoms with Gasteiger partial charge in [-0.15, -0.1) is 0 Å². The van der Waals surface area contributed by atoms with Gasteiger partial charge in [-0.25, -0.2) is 10.8 Å². The highest BCUT2D eigenvalue weighted by Gasteiger charge is 2.28. The first-order valence-corrected chi connectivity index (χ1v) is 6.00. The SMILES string of the molecule is Cc1cc(N2CCCCC2C(N)=O)nc(NN)n1. The van der Waals surface area contributed by atoms with E-state index in [1.165, 1.54) is 0 Å². The minimum absolute atomic E-state index is 0.293. The van der Waals surface area contributed by atoms with Gasteiger partial charge >= 0.3 is 0 Å². The van der Waals surface area contributed by atoms with E-state index < -0.39 is 0 Å². The monoisotopic (exact) mass is 250 g/mol. The van der Waals surface area contributed by atoms with E-state index in [0.717, 1.165) is 31.5 Å². The van der Waals surface area contributed by atoms with Crippen molar-refractivity contribution in [1.29, 1.82) is 0 Å². The summed E-state index contributed by atoms with van der Waals surface area (Å²) in [6.07, 6.45) is 2.80. The Hall–Kier alpha value is -1.89. The average Bonchev–Trinajstić information content (AvgIpc) is 2.38. The predicted octanol–water partition coefficient (Wildman–Crippen LogP) is -0.0852. The number of nitrogens with one attached hydrogen (secondary N) is 1. The second-order valence-corrected chi connectivity index (χ2v) is 4.44. The number of hydrogen-bond acceptors (Lipinski definition) is 6. The van der Waals surface area contributed by atoms with Gasteiger partial charge in [-0.2, -0.15) is 4.98 Å². The first-order valence-electron chi connectivity index (χ1n) is 6.00. The Morgan fingerprint density at radius 1 is 1.50 bits per heavy atom. The minimum atomic E-state index is -0.312. The number of anilines is 2. The summed E-state index contributed by atoms with van der Waals surface area (Å²) in [5.41, 5.74) is 8.66. The van der Waals surface area contributed by atoms with Crippen LogP contribution in [0.5, 0.6) is 0 Å². The minimum Gasteiger partial charge on any atom is -0.368 e. The Morgan fingerprint density at radius 2 is 2.28 bits per heavy atom. The topological polar surface area (TPSA) is 110 Å². The molecule has 1 fully saturated rings. The van der Waals surface area contributed by atoms with Crippen LogP contribution >= 0.6 is 0 Å². The number of nitrogens with two attached hydrogens (primary N) is 2. The van der Waals surface area contributed by atoms with Gasteiger partial charge in [0.05, 0.1) is 0 Å². The molecule has 1 saturated heterocycles. The zero-order valence-corrected chi connectivity index (χ0v) is 10.4. The Balaban J connectivity index is 2.33. The van der Waals surface area contributed by atoms with E-state index in [0.29, 0.717) is 11.8 Å². The number of amides is 1. The van der Waals surface area contributed by atoms with Gasteiger partial charge in [0.2, 0.25) is 11.9 Å². The molecular formula is C11H18N6O. The number of carbonyl (C=O) groups excluding carboxylic acids is 1. The summed E-state index contributed by atoms with van der Waals surface area (Å²) in [6.45, 7) is 2.63. The summed E-state index contributed by atoms with van der Waals surface area (Å²) < 4.78 is 0. The van der Waals surface area contributed by atoms with Crippen LogP contribution in [0.15, 0.2) is 6.07 Å². The molecule has 0 radical (unpaired) electrons. The summed E-state index contributed by atoms with van der Waals surface area (Å²) in [5.74, 6) is 6.05. The highest BCUT2D eigenvalue weighted by Crippen LogP contribution is 2.24. The van der Waals surface area contributed by atoms with Gasteiger partial charge in [0, 0.05) is 18.3 Å². The van der Waals surface area contributed by atoms with Crippen molar-refractivity contribution in [3.63, 3.8) is 0 Å². The van der Waals surface area contributed by atoms with Crippen molar-refractivity contribution in [2.75, 3.05) is 16.9 Å². The maximum atomic E-state index is 11.5. The van der Waals surface area contributed by atoms with E-state index in [4.69, 9.17) is 11.6 Å². The molecule has 1 aromatic heterocycles. The number of aryl methyl sites for hydroxylation is 1. The molecule has 1 unspecified atom stereocenters. The molecule has 2 rings (SSSR count). The smallest absolute Gasteiger partial charge is 0.240 e. The second-order valence-electron chi connectivity index (χ2n) is 4.44. The van der Waals surface area contributed by atoms with Crippen molar-refractivity contribution >= 4 is 17.7 Å². The molecule has 1 aliphatic rings. The molecular weight excluding hydrogens is 232 g/mol. The van der Waals surface area contributed by atoms with Gasteiger partial charge < -0.3 is 10.6 Å². The molecule has 5 N–H and O–H groups in total. The van der Waals surface area contributed by atoms with Gasteiger partial charge in [0.25, 0.3) is 0 Å². The van der Waals surface area contributed by atoms with Crippen LogP contribution in [0.1, 0.15) is 25.0 Å². The summed E-state index contributed by atoms with van der Waals surface area (Å²) >= 11 is 0. The third-order valence-corrected chi connectivity index (χ3v) is 3.10. The average molecular weight is 250 g/mol. The van der Waals surface area contributed by atoms with Gasteiger partial charge in [0.1, 0.15) is 11.9 Å². The van der Waals surface area contributed by atoms with Crippen LogP contribution in [0.3, 0.4) is 0 Å². The number of rotatable bonds is 3. The van der Waals surface area contributed by atoms with Crippen LogP contribution < -0.4 is 21.9 Å². The number of hydrogen-bond donors (Lipinski definition) is 3. The van der Waals surface area contributed by atoms with Crippen LogP contribution in [0, 0.1) is 6.92 Å².